The fourth-order valence-electron chi connectivity index (χ4n) is 3.51. The quantitative estimate of drug-likeness (QED) is 0.881. The molecule has 1 aromatic carbocycles. The zero-order valence-electron chi connectivity index (χ0n) is 13.5. The summed E-state index contributed by atoms with van der Waals surface area (Å²) in [6.45, 7) is 11.5. The first-order valence-electron chi connectivity index (χ1n) is 8.16. The average Bonchev–Trinajstić information content (AvgIpc) is 2.48. The monoisotopic (exact) mass is 274 g/mol. The Kier molecular flexibility index (Phi) is 5.22. The van der Waals surface area contributed by atoms with Crippen LogP contribution in [0.4, 0.5) is 0 Å². The minimum absolute atomic E-state index is 0.159. The Morgan fingerprint density at radius 3 is 2.50 bits per heavy atom. The fraction of sp³-hybridized carbons (Fsp3) is 0.667. The van der Waals surface area contributed by atoms with Gasteiger partial charge >= 0.3 is 0 Å². The van der Waals surface area contributed by atoms with Crippen LogP contribution in [0.1, 0.15) is 63.6 Å². The van der Waals surface area contributed by atoms with E-state index in [1.165, 1.54) is 30.5 Å². The van der Waals surface area contributed by atoms with Gasteiger partial charge < -0.3 is 5.73 Å². The van der Waals surface area contributed by atoms with Gasteiger partial charge in [0, 0.05) is 18.6 Å². The average molecular weight is 274 g/mol. The Balaban J connectivity index is 2.21. The Hall–Kier alpha value is -0.860. The highest BCUT2D eigenvalue weighted by Gasteiger charge is 2.33. The van der Waals surface area contributed by atoms with E-state index in [0.29, 0.717) is 12.0 Å². The van der Waals surface area contributed by atoms with Gasteiger partial charge in [-0.1, -0.05) is 58.4 Å². The van der Waals surface area contributed by atoms with Crippen LogP contribution in [0, 0.1) is 5.92 Å². The van der Waals surface area contributed by atoms with E-state index in [1.807, 2.05) is 0 Å². The third kappa shape index (κ3) is 3.07. The zero-order chi connectivity index (χ0) is 14.7. The van der Waals surface area contributed by atoms with E-state index in [0.717, 1.165) is 12.5 Å². The Morgan fingerprint density at radius 1 is 1.25 bits per heavy atom. The number of likely N-dealkylation sites (N-methyl/N-ethyl adjacent to an activating group) is 1. The SMILES string of the molecule is CCC(C)CN(CC)C1CC(C)c2ccccc2C1N. The molecule has 112 valence electrons. The van der Waals surface area contributed by atoms with Crippen molar-refractivity contribution in [1.82, 2.24) is 4.90 Å². The van der Waals surface area contributed by atoms with E-state index in [9.17, 15) is 0 Å². The standard InChI is InChI=1S/C18H30N2/c1-5-13(3)12-20(6-2)17-11-14(4)15-9-7-8-10-16(15)18(17)19/h7-10,13-14,17-18H,5-6,11-12,19H2,1-4H3. The van der Waals surface area contributed by atoms with E-state index in [4.69, 9.17) is 5.73 Å². The molecule has 0 amide bonds. The van der Waals surface area contributed by atoms with Crippen LogP contribution in [0.3, 0.4) is 0 Å². The molecule has 2 nitrogen and oxygen atoms in total. The molecule has 1 aliphatic carbocycles. The predicted octanol–water partition coefficient (Wildman–Crippen LogP) is 3.93. The van der Waals surface area contributed by atoms with Gasteiger partial charge in [0.15, 0.2) is 0 Å². The lowest BCUT2D eigenvalue weighted by atomic mass is 9.77. The zero-order valence-corrected chi connectivity index (χ0v) is 13.5. The summed E-state index contributed by atoms with van der Waals surface area (Å²) >= 11 is 0. The number of rotatable bonds is 5. The molecule has 1 aromatic rings. The largest absolute Gasteiger partial charge is 0.323 e. The van der Waals surface area contributed by atoms with Crippen LogP contribution in [0.15, 0.2) is 24.3 Å². The Bertz CT molecular complexity index is 429. The van der Waals surface area contributed by atoms with Crippen molar-refractivity contribution in [3.05, 3.63) is 35.4 Å². The molecule has 2 heteroatoms. The second kappa shape index (κ2) is 6.73. The summed E-state index contributed by atoms with van der Waals surface area (Å²) < 4.78 is 0. The molecule has 2 rings (SSSR count). The highest BCUT2D eigenvalue weighted by atomic mass is 15.2. The highest BCUT2D eigenvalue weighted by molar-refractivity contribution is 5.36. The molecule has 0 radical (unpaired) electrons. The summed E-state index contributed by atoms with van der Waals surface area (Å²) in [5.41, 5.74) is 9.42. The van der Waals surface area contributed by atoms with Gasteiger partial charge in [-0.05, 0) is 35.9 Å². The molecule has 0 bridgehead atoms. The van der Waals surface area contributed by atoms with Gasteiger partial charge in [0.25, 0.3) is 0 Å². The van der Waals surface area contributed by atoms with Gasteiger partial charge in [0.2, 0.25) is 0 Å². The highest BCUT2D eigenvalue weighted by Crippen LogP contribution is 2.38. The first-order valence-corrected chi connectivity index (χ1v) is 8.16. The van der Waals surface area contributed by atoms with E-state index in [1.54, 1.807) is 0 Å². The van der Waals surface area contributed by atoms with Crippen molar-refractivity contribution in [1.29, 1.82) is 0 Å². The lowest BCUT2D eigenvalue weighted by molar-refractivity contribution is 0.134. The molecular weight excluding hydrogens is 244 g/mol. The maximum absolute atomic E-state index is 6.60. The Labute approximate surface area is 124 Å². The summed E-state index contributed by atoms with van der Waals surface area (Å²) in [7, 11) is 0. The second-order valence-electron chi connectivity index (χ2n) is 6.46. The van der Waals surface area contributed by atoms with Crippen molar-refractivity contribution in [2.24, 2.45) is 11.7 Å². The molecule has 2 N–H and O–H groups in total. The molecule has 4 atom stereocenters. The summed E-state index contributed by atoms with van der Waals surface area (Å²) in [5, 5.41) is 0. The maximum Gasteiger partial charge on any atom is 0.0456 e. The normalized spacial score (nSPS) is 27.4. The van der Waals surface area contributed by atoms with E-state index in [-0.39, 0.29) is 6.04 Å². The van der Waals surface area contributed by atoms with Crippen LogP contribution in [0.2, 0.25) is 0 Å². The Morgan fingerprint density at radius 2 is 1.90 bits per heavy atom. The molecule has 0 heterocycles. The number of hydrogen-bond acceptors (Lipinski definition) is 2. The molecule has 0 saturated carbocycles. The summed E-state index contributed by atoms with van der Waals surface area (Å²) in [4.78, 5) is 2.60. The van der Waals surface area contributed by atoms with Gasteiger partial charge in [-0.25, -0.2) is 0 Å². The van der Waals surface area contributed by atoms with Gasteiger partial charge in [0.05, 0.1) is 0 Å². The number of fused-ring (bicyclic) bond motifs is 1. The predicted molar refractivity (Wildman–Crippen MR) is 86.9 cm³/mol. The molecule has 0 aliphatic heterocycles. The fourth-order valence-corrected chi connectivity index (χ4v) is 3.51. The lowest BCUT2D eigenvalue weighted by Crippen LogP contribution is -2.47. The first-order chi connectivity index (χ1) is 9.58. The maximum atomic E-state index is 6.60. The lowest BCUT2D eigenvalue weighted by Gasteiger charge is -2.42. The number of hydrogen-bond donors (Lipinski definition) is 1. The third-order valence-electron chi connectivity index (χ3n) is 5.01. The molecule has 4 unspecified atom stereocenters. The van der Waals surface area contributed by atoms with E-state index in [2.05, 4.69) is 56.9 Å². The molecule has 0 saturated heterocycles. The third-order valence-corrected chi connectivity index (χ3v) is 5.01. The molecule has 20 heavy (non-hydrogen) atoms. The van der Waals surface area contributed by atoms with Crippen molar-refractivity contribution >= 4 is 0 Å². The minimum Gasteiger partial charge on any atom is -0.323 e. The second-order valence-corrected chi connectivity index (χ2v) is 6.46. The van der Waals surface area contributed by atoms with Crippen LogP contribution in [0.5, 0.6) is 0 Å². The van der Waals surface area contributed by atoms with Crippen LogP contribution in [0.25, 0.3) is 0 Å². The van der Waals surface area contributed by atoms with Crippen molar-refractivity contribution in [2.45, 2.75) is 58.5 Å². The number of nitrogens with zero attached hydrogens (tertiary/aromatic N) is 1. The summed E-state index contributed by atoms with van der Waals surface area (Å²) in [6, 6.07) is 9.38. The summed E-state index contributed by atoms with van der Waals surface area (Å²) in [6.07, 6.45) is 2.42. The van der Waals surface area contributed by atoms with Gasteiger partial charge in [-0.2, -0.15) is 0 Å². The van der Waals surface area contributed by atoms with Gasteiger partial charge in [0.1, 0.15) is 0 Å². The summed E-state index contributed by atoms with van der Waals surface area (Å²) in [5.74, 6) is 1.36. The van der Waals surface area contributed by atoms with Gasteiger partial charge in [-0.3, -0.25) is 4.90 Å². The molecule has 0 fully saturated rings. The van der Waals surface area contributed by atoms with E-state index >= 15 is 0 Å². The van der Waals surface area contributed by atoms with Crippen molar-refractivity contribution in [2.75, 3.05) is 13.1 Å². The topological polar surface area (TPSA) is 29.3 Å². The molecular formula is C18H30N2. The van der Waals surface area contributed by atoms with Crippen molar-refractivity contribution in [3.8, 4) is 0 Å². The van der Waals surface area contributed by atoms with Crippen molar-refractivity contribution < 1.29 is 0 Å². The molecule has 1 aliphatic rings. The molecule has 0 aromatic heterocycles. The van der Waals surface area contributed by atoms with Crippen LogP contribution < -0.4 is 5.73 Å². The van der Waals surface area contributed by atoms with Crippen LogP contribution in [-0.4, -0.2) is 24.0 Å². The van der Waals surface area contributed by atoms with Gasteiger partial charge in [-0.15, -0.1) is 0 Å². The number of nitrogens with two attached hydrogens (primary N) is 1. The first kappa shape index (κ1) is 15.5. The van der Waals surface area contributed by atoms with E-state index < -0.39 is 0 Å². The number of benzene rings is 1. The molecule has 0 spiro atoms. The van der Waals surface area contributed by atoms with Crippen LogP contribution >= 0.6 is 0 Å². The minimum atomic E-state index is 0.159. The smallest absolute Gasteiger partial charge is 0.0456 e. The van der Waals surface area contributed by atoms with Crippen molar-refractivity contribution in [3.63, 3.8) is 0 Å². The van der Waals surface area contributed by atoms with Crippen LogP contribution in [-0.2, 0) is 0 Å².